The average Bonchev–Trinajstić information content (AvgIpc) is 3.05. The van der Waals surface area contributed by atoms with Crippen LogP contribution >= 0.6 is 0 Å². The first-order valence-electron chi connectivity index (χ1n) is 9.13. The van der Waals surface area contributed by atoms with Gasteiger partial charge in [0.05, 0.1) is 10.9 Å². The molecular weight excluding hydrogens is 413 g/mol. The standard InChI is InChI=1S/C22H15F3N2O4/c23-17-9-19(25)18(24)8-16(17)12-4-6-14(7-5-12)31-11-13-2-1-3-15-21(13)26-27(22(15)30)10-20(28)29/h1-9,26H,10-11H2,(H,28,29). The lowest BCUT2D eigenvalue weighted by molar-refractivity contribution is -0.137. The van der Waals surface area contributed by atoms with Crippen molar-refractivity contribution in [2.75, 3.05) is 0 Å². The number of halogens is 3. The largest absolute Gasteiger partial charge is 0.489 e. The molecule has 1 aromatic heterocycles. The molecule has 0 aliphatic carbocycles. The van der Waals surface area contributed by atoms with E-state index in [1.807, 2.05) is 0 Å². The molecule has 4 aromatic rings. The maximum absolute atomic E-state index is 13.9. The Labute approximate surface area is 173 Å². The fourth-order valence-corrected chi connectivity index (χ4v) is 3.24. The Bertz CT molecular complexity index is 1340. The lowest BCUT2D eigenvalue weighted by atomic mass is 10.0. The van der Waals surface area contributed by atoms with Gasteiger partial charge in [0.15, 0.2) is 11.6 Å². The predicted molar refractivity (Wildman–Crippen MR) is 106 cm³/mol. The van der Waals surface area contributed by atoms with Crippen LogP contribution in [0.1, 0.15) is 5.56 Å². The molecule has 4 rings (SSSR count). The molecule has 0 fully saturated rings. The third kappa shape index (κ3) is 4.02. The van der Waals surface area contributed by atoms with Gasteiger partial charge in [-0.3, -0.25) is 14.7 Å². The van der Waals surface area contributed by atoms with E-state index >= 15 is 0 Å². The van der Waals surface area contributed by atoms with Gasteiger partial charge in [0.25, 0.3) is 5.56 Å². The number of para-hydroxylation sites is 1. The van der Waals surface area contributed by atoms with Crippen molar-refractivity contribution in [1.82, 2.24) is 9.78 Å². The number of aromatic nitrogens is 2. The van der Waals surface area contributed by atoms with Crippen molar-refractivity contribution in [3.05, 3.63) is 88.0 Å². The minimum absolute atomic E-state index is 0.0727. The summed E-state index contributed by atoms with van der Waals surface area (Å²) in [6.07, 6.45) is 0. The first kappa shape index (κ1) is 20.3. The molecule has 0 atom stereocenters. The van der Waals surface area contributed by atoms with Crippen molar-refractivity contribution < 1.29 is 27.8 Å². The number of nitrogens with zero attached hydrogens (tertiary/aromatic N) is 1. The summed E-state index contributed by atoms with van der Waals surface area (Å²) in [6, 6.07) is 12.4. The number of benzene rings is 3. The van der Waals surface area contributed by atoms with Crippen LogP contribution < -0.4 is 10.3 Å². The van der Waals surface area contributed by atoms with Crippen molar-refractivity contribution in [3.8, 4) is 16.9 Å². The summed E-state index contributed by atoms with van der Waals surface area (Å²) in [5.74, 6) is -4.01. The molecule has 0 saturated carbocycles. The smallest absolute Gasteiger partial charge is 0.325 e. The first-order valence-corrected chi connectivity index (χ1v) is 9.13. The highest BCUT2D eigenvalue weighted by Gasteiger charge is 2.14. The Morgan fingerprint density at radius 1 is 1.00 bits per heavy atom. The van der Waals surface area contributed by atoms with E-state index in [1.54, 1.807) is 30.3 Å². The maximum Gasteiger partial charge on any atom is 0.325 e. The Kier molecular flexibility index (Phi) is 5.24. The first-order chi connectivity index (χ1) is 14.8. The number of hydrogen-bond acceptors (Lipinski definition) is 3. The van der Waals surface area contributed by atoms with Gasteiger partial charge in [-0.25, -0.2) is 17.9 Å². The summed E-state index contributed by atoms with van der Waals surface area (Å²) < 4.78 is 47.2. The fraction of sp³-hybridized carbons (Fsp3) is 0.0909. The number of rotatable bonds is 6. The summed E-state index contributed by atoms with van der Waals surface area (Å²) in [7, 11) is 0. The molecule has 9 heteroatoms. The van der Waals surface area contributed by atoms with Crippen LogP contribution in [0, 0.1) is 17.5 Å². The van der Waals surface area contributed by atoms with E-state index in [9.17, 15) is 22.8 Å². The number of nitrogens with one attached hydrogen (secondary N) is 1. The molecule has 2 N–H and O–H groups in total. The van der Waals surface area contributed by atoms with E-state index in [0.29, 0.717) is 33.8 Å². The van der Waals surface area contributed by atoms with Gasteiger partial charge in [0.1, 0.15) is 24.7 Å². The molecule has 3 aromatic carbocycles. The summed E-state index contributed by atoms with van der Waals surface area (Å²) in [6.45, 7) is -0.418. The zero-order valence-electron chi connectivity index (χ0n) is 15.9. The van der Waals surface area contributed by atoms with Crippen molar-refractivity contribution in [1.29, 1.82) is 0 Å². The van der Waals surface area contributed by atoms with Crippen LogP contribution in [0.3, 0.4) is 0 Å². The van der Waals surface area contributed by atoms with Gasteiger partial charge in [-0.05, 0) is 29.8 Å². The van der Waals surface area contributed by atoms with Gasteiger partial charge in [0.2, 0.25) is 0 Å². The molecule has 0 aliphatic heterocycles. The van der Waals surface area contributed by atoms with E-state index in [0.717, 1.165) is 10.7 Å². The van der Waals surface area contributed by atoms with Crippen molar-refractivity contribution in [2.24, 2.45) is 0 Å². The number of carbonyl (C=O) groups is 1. The van der Waals surface area contributed by atoms with Gasteiger partial charge in [-0.2, -0.15) is 0 Å². The Balaban J connectivity index is 1.55. The van der Waals surface area contributed by atoms with E-state index in [2.05, 4.69) is 5.10 Å². The zero-order chi connectivity index (χ0) is 22.1. The maximum atomic E-state index is 13.9. The van der Waals surface area contributed by atoms with Gasteiger partial charge in [-0.1, -0.05) is 24.3 Å². The molecule has 158 valence electrons. The molecule has 0 bridgehead atoms. The number of carboxylic acids is 1. The molecule has 6 nitrogen and oxygen atoms in total. The second kappa shape index (κ2) is 8.02. The Morgan fingerprint density at radius 3 is 2.42 bits per heavy atom. The quantitative estimate of drug-likeness (QED) is 0.454. The number of fused-ring (bicyclic) bond motifs is 1. The highest BCUT2D eigenvalue weighted by atomic mass is 19.2. The van der Waals surface area contributed by atoms with E-state index in [4.69, 9.17) is 9.84 Å². The SMILES string of the molecule is O=C(O)Cn1[nH]c2c(COc3ccc(-c4cc(F)c(F)cc4F)cc3)cccc2c1=O. The second-order valence-corrected chi connectivity index (χ2v) is 6.80. The van der Waals surface area contributed by atoms with Crippen molar-refractivity contribution >= 4 is 16.9 Å². The number of aromatic amines is 1. The molecule has 0 radical (unpaired) electrons. The molecule has 0 unspecified atom stereocenters. The number of ether oxygens (including phenoxy) is 1. The zero-order valence-corrected chi connectivity index (χ0v) is 15.9. The minimum atomic E-state index is -1.26. The molecule has 1 heterocycles. The third-order valence-corrected chi connectivity index (χ3v) is 4.74. The second-order valence-electron chi connectivity index (χ2n) is 6.80. The Morgan fingerprint density at radius 2 is 1.71 bits per heavy atom. The van der Waals surface area contributed by atoms with Gasteiger partial charge < -0.3 is 9.84 Å². The van der Waals surface area contributed by atoms with Crippen LogP contribution in [-0.2, 0) is 17.9 Å². The molecule has 0 amide bonds. The van der Waals surface area contributed by atoms with Crippen molar-refractivity contribution in [3.63, 3.8) is 0 Å². The van der Waals surface area contributed by atoms with Crippen LogP contribution in [0.5, 0.6) is 5.75 Å². The monoisotopic (exact) mass is 428 g/mol. The number of carboxylic acid groups (broad SMARTS) is 1. The average molecular weight is 428 g/mol. The van der Waals surface area contributed by atoms with E-state index in [-0.39, 0.29) is 12.2 Å². The summed E-state index contributed by atoms with van der Waals surface area (Å²) in [4.78, 5) is 23.2. The molecule has 0 saturated heterocycles. The van der Waals surface area contributed by atoms with Crippen LogP contribution in [0.15, 0.2) is 59.4 Å². The Hall–Kier alpha value is -4.01. The highest BCUT2D eigenvalue weighted by Crippen LogP contribution is 2.27. The fourth-order valence-electron chi connectivity index (χ4n) is 3.24. The minimum Gasteiger partial charge on any atom is -0.489 e. The van der Waals surface area contributed by atoms with Gasteiger partial charge in [-0.15, -0.1) is 0 Å². The van der Waals surface area contributed by atoms with Gasteiger partial charge in [0, 0.05) is 17.2 Å². The summed E-state index contributed by atoms with van der Waals surface area (Å²) >= 11 is 0. The lowest BCUT2D eigenvalue weighted by Crippen LogP contribution is -2.21. The molecular formula is C22H15F3N2O4. The normalized spacial score (nSPS) is 11.1. The van der Waals surface area contributed by atoms with Crippen LogP contribution in [0.2, 0.25) is 0 Å². The predicted octanol–water partition coefficient (Wildman–Crippen LogP) is 4.08. The van der Waals surface area contributed by atoms with Crippen LogP contribution in [0.4, 0.5) is 13.2 Å². The van der Waals surface area contributed by atoms with E-state index in [1.165, 1.54) is 12.1 Å². The number of hydrogen-bond donors (Lipinski definition) is 2. The van der Waals surface area contributed by atoms with E-state index < -0.39 is 35.5 Å². The van der Waals surface area contributed by atoms with Gasteiger partial charge >= 0.3 is 5.97 Å². The van der Waals surface area contributed by atoms with Crippen LogP contribution in [0.25, 0.3) is 22.0 Å². The third-order valence-electron chi connectivity index (χ3n) is 4.74. The molecule has 0 aliphatic rings. The summed E-state index contributed by atoms with van der Waals surface area (Å²) in [5, 5.41) is 12.0. The number of aliphatic carboxylic acids is 1. The summed E-state index contributed by atoms with van der Waals surface area (Å²) in [5.41, 5.74) is 0.925. The lowest BCUT2D eigenvalue weighted by Gasteiger charge is -2.09. The van der Waals surface area contributed by atoms with Crippen molar-refractivity contribution in [2.45, 2.75) is 13.2 Å². The molecule has 31 heavy (non-hydrogen) atoms. The molecule has 0 spiro atoms. The number of H-pyrrole nitrogens is 1. The van der Waals surface area contributed by atoms with Crippen LogP contribution in [-0.4, -0.2) is 20.9 Å². The topological polar surface area (TPSA) is 84.3 Å². The highest BCUT2D eigenvalue weighted by molar-refractivity contribution is 5.81.